The topological polar surface area (TPSA) is 115 Å². The molecular formula is C27H18N2O6. The van der Waals surface area contributed by atoms with Gasteiger partial charge in [0.25, 0.3) is 0 Å². The van der Waals surface area contributed by atoms with Crippen molar-refractivity contribution in [1.29, 1.82) is 5.26 Å². The van der Waals surface area contributed by atoms with Crippen LogP contribution in [-0.4, -0.2) is 18.8 Å². The molecule has 172 valence electrons. The van der Waals surface area contributed by atoms with E-state index >= 15 is 0 Å². The summed E-state index contributed by atoms with van der Waals surface area (Å²) in [6.45, 7) is 2.05. The van der Waals surface area contributed by atoms with Crippen molar-refractivity contribution >= 4 is 18.1 Å². The molecule has 0 bridgehead atoms. The highest BCUT2D eigenvalue weighted by molar-refractivity contribution is 5.91. The van der Waals surface area contributed by atoms with Gasteiger partial charge in [-0.2, -0.15) is 5.26 Å². The van der Waals surface area contributed by atoms with Crippen LogP contribution in [0.3, 0.4) is 0 Å². The maximum Gasteiger partial charge on any atom is 0.338 e. The Labute approximate surface area is 199 Å². The Morgan fingerprint density at radius 1 is 1.00 bits per heavy atom. The second-order valence-electron chi connectivity index (χ2n) is 7.31. The summed E-state index contributed by atoms with van der Waals surface area (Å²) in [4.78, 5) is 16.4. The Morgan fingerprint density at radius 2 is 1.80 bits per heavy atom. The van der Waals surface area contributed by atoms with E-state index in [1.165, 1.54) is 18.7 Å². The Hall–Kier alpha value is -5.03. The molecule has 0 aliphatic heterocycles. The van der Waals surface area contributed by atoms with Crippen molar-refractivity contribution in [2.75, 3.05) is 6.61 Å². The van der Waals surface area contributed by atoms with Crippen molar-refractivity contribution in [2.45, 2.75) is 6.92 Å². The molecular weight excluding hydrogens is 448 g/mol. The maximum absolute atomic E-state index is 12.0. The van der Waals surface area contributed by atoms with E-state index in [1.807, 2.05) is 6.07 Å². The van der Waals surface area contributed by atoms with Crippen molar-refractivity contribution < 1.29 is 27.2 Å². The molecule has 0 atom stereocenters. The first kappa shape index (κ1) is 21.8. The fourth-order valence-electron chi connectivity index (χ4n) is 3.56. The van der Waals surface area contributed by atoms with Gasteiger partial charge in [0, 0.05) is 5.56 Å². The van der Waals surface area contributed by atoms with Crippen LogP contribution in [0, 0.1) is 11.3 Å². The van der Waals surface area contributed by atoms with E-state index in [1.54, 1.807) is 61.5 Å². The number of nitrogens with zero attached hydrogens (tertiary/aromatic N) is 2. The zero-order chi connectivity index (χ0) is 24.2. The number of carbonyl (C=O) groups is 1. The minimum absolute atomic E-state index is 0.0903. The van der Waals surface area contributed by atoms with Crippen LogP contribution in [0.15, 0.2) is 95.9 Å². The smallest absolute Gasteiger partial charge is 0.338 e. The van der Waals surface area contributed by atoms with E-state index in [4.69, 9.17) is 22.4 Å². The summed E-state index contributed by atoms with van der Waals surface area (Å²) in [5.74, 6) is 1.91. The van der Waals surface area contributed by atoms with Gasteiger partial charge in [-0.3, -0.25) is 0 Å². The van der Waals surface area contributed by atoms with Gasteiger partial charge in [0.2, 0.25) is 5.88 Å². The number of aliphatic imine (C=N–C) groups is 1. The molecule has 5 aromatic rings. The lowest BCUT2D eigenvalue weighted by atomic mass is 10.1. The number of nitriles is 1. The summed E-state index contributed by atoms with van der Waals surface area (Å²) < 4.78 is 27.8. The highest BCUT2D eigenvalue weighted by atomic mass is 16.5. The lowest BCUT2D eigenvalue weighted by Crippen LogP contribution is -2.04. The van der Waals surface area contributed by atoms with Gasteiger partial charge < -0.3 is 22.4 Å². The molecule has 0 unspecified atom stereocenters. The average Bonchev–Trinajstić information content (AvgIpc) is 3.68. The molecule has 0 amide bonds. The van der Waals surface area contributed by atoms with Crippen LogP contribution in [-0.2, 0) is 4.74 Å². The molecule has 8 nitrogen and oxygen atoms in total. The zero-order valence-electron chi connectivity index (χ0n) is 18.6. The average molecular weight is 466 g/mol. The van der Waals surface area contributed by atoms with Crippen molar-refractivity contribution in [2.24, 2.45) is 4.99 Å². The quantitative estimate of drug-likeness (QED) is 0.190. The van der Waals surface area contributed by atoms with Gasteiger partial charge in [0.15, 0.2) is 11.5 Å². The van der Waals surface area contributed by atoms with Gasteiger partial charge in [0.1, 0.15) is 28.9 Å². The van der Waals surface area contributed by atoms with Crippen LogP contribution in [0.25, 0.3) is 34.2 Å². The molecule has 0 N–H and O–H groups in total. The van der Waals surface area contributed by atoms with Gasteiger partial charge in [-0.25, -0.2) is 9.79 Å². The van der Waals surface area contributed by atoms with Gasteiger partial charge >= 0.3 is 5.97 Å². The number of carbonyl (C=O) groups excluding carboxylic acids is 1. The van der Waals surface area contributed by atoms with Crippen molar-refractivity contribution in [3.63, 3.8) is 0 Å². The Kier molecular flexibility index (Phi) is 5.89. The van der Waals surface area contributed by atoms with E-state index in [9.17, 15) is 10.1 Å². The van der Waals surface area contributed by atoms with Gasteiger partial charge in [-0.1, -0.05) is 12.1 Å². The second-order valence-corrected chi connectivity index (χ2v) is 7.31. The number of furan rings is 4. The lowest BCUT2D eigenvalue weighted by Gasteiger charge is -2.03. The molecule has 35 heavy (non-hydrogen) atoms. The van der Waals surface area contributed by atoms with Crippen molar-refractivity contribution in [1.82, 2.24) is 0 Å². The van der Waals surface area contributed by atoms with Gasteiger partial charge in [-0.05, 0) is 55.5 Å². The number of benzene rings is 1. The zero-order valence-corrected chi connectivity index (χ0v) is 18.6. The SMILES string of the molecule is CCOC(=O)c1cccc(-c2ccc(C=Nc3oc(-c4ccco4)c(-c4ccco4)c3C#N)o2)c1. The first-order chi connectivity index (χ1) is 17.2. The summed E-state index contributed by atoms with van der Waals surface area (Å²) in [5.41, 5.74) is 1.80. The Balaban J connectivity index is 1.47. The minimum atomic E-state index is -0.399. The van der Waals surface area contributed by atoms with Gasteiger partial charge in [-0.15, -0.1) is 0 Å². The molecule has 4 aromatic heterocycles. The highest BCUT2D eigenvalue weighted by Gasteiger charge is 2.26. The first-order valence-electron chi connectivity index (χ1n) is 10.7. The molecule has 0 fully saturated rings. The Bertz CT molecular complexity index is 1530. The molecule has 4 heterocycles. The third-order valence-electron chi connectivity index (χ3n) is 5.11. The fourth-order valence-corrected chi connectivity index (χ4v) is 3.56. The predicted octanol–water partition coefficient (Wildman–Crippen LogP) is 6.86. The van der Waals surface area contributed by atoms with Crippen LogP contribution in [0.4, 0.5) is 5.88 Å². The summed E-state index contributed by atoms with van der Waals surface area (Å²) in [7, 11) is 0. The van der Waals surface area contributed by atoms with Crippen LogP contribution < -0.4 is 0 Å². The number of hydrogen-bond acceptors (Lipinski definition) is 8. The molecule has 0 radical (unpaired) electrons. The highest BCUT2D eigenvalue weighted by Crippen LogP contribution is 2.42. The van der Waals surface area contributed by atoms with Crippen molar-refractivity contribution in [3.8, 4) is 40.2 Å². The molecule has 0 aliphatic rings. The minimum Gasteiger partial charge on any atom is -0.464 e. The standard InChI is InChI=1S/C27H18N2O6/c1-2-31-27(30)18-7-3-6-17(14-18)21-11-10-19(34-21)16-29-26-20(15-28)24(22-8-4-12-32-22)25(35-26)23-9-5-13-33-23/h3-14,16H,2H2,1H3. The van der Waals surface area contributed by atoms with Crippen LogP contribution in [0.1, 0.15) is 28.6 Å². The number of esters is 1. The Morgan fingerprint density at radius 3 is 2.51 bits per heavy atom. The lowest BCUT2D eigenvalue weighted by molar-refractivity contribution is 0.0526. The maximum atomic E-state index is 12.0. The van der Waals surface area contributed by atoms with Crippen LogP contribution >= 0.6 is 0 Å². The second kappa shape index (κ2) is 9.45. The number of ether oxygens (including phenoxy) is 1. The van der Waals surface area contributed by atoms with E-state index in [0.29, 0.717) is 52.1 Å². The summed E-state index contributed by atoms with van der Waals surface area (Å²) in [6, 6.07) is 19.5. The number of rotatable bonds is 7. The molecule has 1 aromatic carbocycles. The van der Waals surface area contributed by atoms with Gasteiger partial charge in [0.05, 0.1) is 36.5 Å². The molecule has 0 aliphatic carbocycles. The van der Waals surface area contributed by atoms with E-state index in [2.05, 4.69) is 11.1 Å². The molecule has 0 saturated carbocycles. The molecule has 5 rings (SSSR count). The predicted molar refractivity (Wildman–Crippen MR) is 126 cm³/mol. The summed E-state index contributed by atoms with van der Waals surface area (Å²) >= 11 is 0. The summed E-state index contributed by atoms with van der Waals surface area (Å²) in [5, 5.41) is 9.85. The fraction of sp³-hybridized carbons (Fsp3) is 0.0741. The largest absolute Gasteiger partial charge is 0.464 e. The van der Waals surface area contributed by atoms with E-state index in [-0.39, 0.29) is 11.4 Å². The van der Waals surface area contributed by atoms with E-state index < -0.39 is 5.97 Å². The van der Waals surface area contributed by atoms with E-state index in [0.717, 1.165) is 0 Å². The number of hydrogen-bond donors (Lipinski definition) is 0. The molecule has 0 saturated heterocycles. The van der Waals surface area contributed by atoms with Crippen LogP contribution in [0.2, 0.25) is 0 Å². The first-order valence-corrected chi connectivity index (χ1v) is 10.7. The molecule has 8 heteroatoms. The molecule has 0 spiro atoms. The van der Waals surface area contributed by atoms with Crippen LogP contribution in [0.5, 0.6) is 0 Å². The third-order valence-corrected chi connectivity index (χ3v) is 5.11. The van der Waals surface area contributed by atoms with Crippen molar-refractivity contribution in [3.05, 3.63) is 90.1 Å². The summed E-state index contributed by atoms with van der Waals surface area (Å²) in [6.07, 6.45) is 4.48. The third kappa shape index (κ3) is 4.30. The normalized spacial score (nSPS) is 11.1. The monoisotopic (exact) mass is 466 g/mol.